The molecule has 0 saturated heterocycles. The maximum atomic E-state index is 11.5. The second kappa shape index (κ2) is 9.82. The van der Waals surface area contributed by atoms with Crippen molar-refractivity contribution in [3.8, 4) is 0 Å². The Morgan fingerprint density at radius 3 is 2.58 bits per heavy atom. The van der Waals surface area contributed by atoms with Gasteiger partial charge in [0.05, 0.1) is 0 Å². The first-order valence-electron chi connectivity index (χ1n) is 7.94. The number of carboxylic acids is 1. The fourth-order valence-corrected chi connectivity index (χ4v) is 3.20. The van der Waals surface area contributed by atoms with Crippen LogP contribution >= 0.6 is 11.8 Å². The van der Waals surface area contributed by atoms with Gasteiger partial charge in [0.1, 0.15) is 0 Å². The van der Waals surface area contributed by atoms with Crippen LogP contribution in [0.1, 0.15) is 18.4 Å². The van der Waals surface area contributed by atoms with Crippen molar-refractivity contribution < 1.29 is 14.7 Å². The van der Waals surface area contributed by atoms with Crippen LogP contribution < -0.4 is 10.6 Å². The number of carbonyl (C=O) groups is 2. The Labute approximate surface area is 145 Å². The van der Waals surface area contributed by atoms with Crippen LogP contribution in [-0.2, 0) is 10.5 Å². The van der Waals surface area contributed by atoms with Crippen LogP contribution in [0.25, 0.3) is 10.8 Å². The number of carbonyl (C=O) groups excluding carboxylic acids is 1. The van der Waals surface area contributed by atoms with Crippen LogP contribution in [0.5, 0.6) is 0 Å². The highest BCUT2D eigenvalue weighted by Crippen LogP contribution is 2.22. The van der Waals surface area contributed by atoms with Gasteiger partial charge in [0.25, 0.3) is 0 Å². The lowest BCUT2D eigenvalue weighted by molar-refractivity contribution is -0.137. The number of amides is 2. The zero-order valence-electron chi connectivity index (χ0n) is 13.5. The van der Waals surface area contributed by atoms with Crippen LogP contribution in [-0.4, -0.2) is 35.9 Å². The molecule has 0 fully saturated rings. The number of fused-ring (bicyclic) bond motifs is 1. The van der Waals surface area contributed by atoms with Gasteiger partial charge in [-0.05, 0) is 22.8 Å². The van der Waals surface area contributed by atoms with Gasteiger partial charge in [-0.1, -0.05) is 42.5 Å². The fraction of sp³-hybridized carbons (Fsp3) is 0.333. The molecule has 2 aromatic carbocycles. The van der Waals surface area contributed by atoms with Crippen molar-refractivity contribution in [1.82, 2.24) is 10.6 Å². The second-order valence-electron chi connectivity index (χ2n) is 5.37. The maximum absolute atomic E-state index is 11.5. The van der Waals surface area contributed by atoms with Crippen LogP contribution in [0.2, 0.25) is 0 Å². The van der Waals surface area contributed by atoms with Gasteiger partial charge in [-0.15, -0.1) is 0 Å². The molecule has 24 heavy (non-hydrogen) atoms. The highest BCUT2D eigenvalue weighted by Gasteiger charge is 2.02. The molecule has 5 nitrogen and oxygen atoms in total. The molecule has 0 aliphatic rings. The van der Waals surface area contributed by atoms with Crippen LogP contribution in [0.4, 0.5) is 4.79 Å². The minimum absolute atomic E-state index is 0.0706. The van der Waals surface area contributed by atoms with E-state index in [-0.39, 0.29) is 12.5 Å². The Hall–Kier alpha value is -2.21. The predicted molar refractivity (Wildman–Crippen MR) is 98.4 cm³/mol. The first-order valence-corrected chi connectivity index (χ1v) is 9.10. The number of rotatable bonds is 9. The van der Waals surface area contributed by atoms with Gasteiger partial charge >= 0.3 is 12.0 Å². The van der Waals surface area contributed by atoms with E-state index < -0.39 is 5.97 Å². The molecule has 0 radical (unpaired) electrons. The van der Waals surface area contributed by atoms with Crippen molar-refractivity contribution in [3.63, 3.8) is 0 Å². The number of nitrogens with one attached hydrogen (secondary N) is 2. The molecule has 0 bridgehead atoms. The largest absolute Gasteiger partial charge is 0.481 e. The first kappa shape index (κ1) is 18.1. The van der Waals surface area contributed by atoms with E-state index in [1.54, 1.807) is 11.8 Å². The molecule has 0 heterocycles. The average molecular weight is 346 g/mol. The highest BCUT2D eigenvalue weighted by atomic mass is 32.2. The Kier molecular flexibility index (Phi) is 7.42. The van der Waals surface area contributed by atoms with Crippen LogP contribution in [0.3, 0.4) is 0 Å². The summed E-state index contributed by atoms with van der Waals surface area (Å²) in [5.74, 6) is 0.886. The molecule has 0 aliphatic carbocycles. The number of carboxylic acid groups (broad SMARTS) is 1. The number of hydrogen-bond donors (Lipinski definition) is 3. The lowest BCUT2D eigenvalue weighted by atomic mass is 10.1. The number of aliphatic carboxylic acids is 1. The molecule has 2 amide bonds. The summed E-state index contributed by atoms with van der Waals surface area (Å²) in [7, 11) is 0. The quantitative estimate of drug-likeness (QED) is 0.609. The van der Waals surface area contributed by atoms with Gasteiger partial charge in [0.2, 0.25) is 0 Å². The molecule has 0 aliphatic heterocycles. The molecule has 0 spiro atoms. The fourth-order valence-electron chi connectivity index (χ4n) is 2.34. The number of urea groups is 1. The number of hydrogen-bond acceptors (Lipinski definition) is 3. The van der Waals surface area contributed by atoms with Crippen LogP contribution in [0, 0.1) is 0 Å². The molecule has 2 rings (SSSR count). The lowest BCUT2D eigenvalue weighted by Gasteiger charge is -2.08. The van der Waals surface area contributed by atoms with E-state index >= 15 is 0 Å². The molecule has 128 valence electrons. The zero-order valence-corrected chi connectivity index (χ0v) is 14.3. The van der Waals surface area contributed by atoms with E-state index in [1.165, 1.54) is 16.3 Å². The van der Waals surface area contributed by atoms with E-state index in [9.17, 15) is 9.59 Å². The topological polar surface area (TPSA) is 78.4 Å². The summed E-state index contributed by atoms with van der Waals surface area (Å²) in [4.78, 5) is 21.9. The molecule has 0 atom stereocenters. The summed E-state index contributed by atoms with van der Waals surface area (Å²) in [6, 6.07) is 14.4. The minimum atomic E-state index is -0.845. The van der Waals surface area contributed by atoms with E-state index in [4.69, 9.17) is 5.11 Å². The Balaban J connectivity index is 1.62. The lowest BCUT2D eigenvalue weighted by Crippen LogP contribution is -2.37. The van der Waals surface area contributed by atoms with Gasteiger partial charge in [0.15, 0.2) is 0 Å². The molecule has 0 aromatic heterocycles. The molecule has 2 aromatic rings. The van der Waals surface area contributed by atoms with Crippen molar-refractivity contribution in [1.29, 1.82) is 0 Å². The maximum Gasteiger partial charge on any atom is 0.314 e. The van der Waals surface area contributed by atoms with E-state index in [2.05, 4.69) is 41.0 Å². The minimum Gasteiger partial charge on any atom is -0.481 e. The Morgan fingerprint density at radius 1 is 1.00 bits per heavy atom. The number of thioether (sulfide) groups is 1. The summed E-state index contributed by atoms with van der Waals surface area (Å²) in [6.07, 6.45) is 0.514. The third-order valence-electron chi connectivity index (χ3n) is 3.52. The van der Waals surface area contributed by atoms with Crippen molar-refractivity contribution in [2.45, 2.75) is 18.6 Å². The smallest absolute Gasteiger partial charge is 0.314 e. The molecule has 0 unspecified atom stereocenters. The number of benzene rings is 2. The van der Waals surface area contributed by atoms with E-state index in [1.807, 2.05) is 12.1 Å². The van der Waals surface area contributed by atoms with E-state index in [0.29, 0.717) is 19.5 Å². The first-order chi connectivity index (χ1) is 11.7. The SMILES string of the molecule is O=C(O)CCCNC(=O)NCCSCc1cccc2ccccc12. The summed E-state index contributed by atoms with van der Waals surface area (Å²) >= 11 is 1.78. The van der Waals surface area contributed by atoms with Gasteiger partial charge in [0, 0.05) is 31.0 Å². The summed E-state index contributed by atoms with van der Waals surface area (Å²) in [5, 5.41) is 16.5. The Morgan fingerprint density at radius 2 is 1.75 bits per heavy atom. The zero-order chi connectivity index (χ0) is 17.2. The monoisotopic (exact) mass is 346 g/mol. The van der Waals surface area contributed by atoms with Crippen molar-refractivity contribution in [2.75, 3.05) is 18.8 Å². The summed E-state index contributed by atoms with van der Waals surface area (Å²) in [5.41, 5.74) is 1.30. The van der Waals surface area contributed by atoms with Gasteiger partial charge in [-0.3, -0.25) is 4.79 Å². The Bertz CT molecular complexity index is 686. The van der Waals surface area contributed by atoms with Gasteiger partial charge < -0.3 is 15.7 Å². The average Bonchev–Trinajstić information content (AvgIpc) is 2.58. The third-order valence-corrected chi connectivity index (χ3v) is 4.53. The molecular weight excluding hydrogens is 324 g/mol. The standard InChI is InChI=1S/C18H22N2O3S/c21-17(22)9-4-10-19-18(23)20-11-12-24-13-15-7-3-6-14-5-1-2-8-16(14)15/h1-3,5-8H,4,9-13H2,(H,21,22)(H2,19,20,23). The normalized spacial score (nSPS) is 10.5. The predicted octanol–water partition coefficient (Wildman–Crippen LogP) is 3.24. The van der Waals surface area contributed by atoms with Crippen LogP contribution in [0.15, 0.2) is 42.5 Å². The molecular formula is C18H22N2O3S. The summed E-state index contributed by atoms with van der Waals surface area (Å²) < 4.78 is 0. The molecule has 3 N–H and O–H groups in total. The molecule has 0 saturated carbocycles. The van der Waals surface area contributed by atoms with Crippen molar-refractivity contribution in [3.05, 3.63) is 48.0 Å². The molecule has 6 heteroatoms. The van der Waals surface area contributed by atoms with Crippen molar-refractivity contribution >= 4 is 34.5 Å². The second-order valence-corrected chi connectivity index (χ2v) is 6.48. The van der Waals surface area contributed by atoms with Crippen molar-refractivity contribution in [2.24, 2.45) is 0 Å². The highest BCUT2D eigenvalue weighted by molar-refractivity contribution is 7.98. The third kappa shape index (κ3) is 6.12. The van der Waals surface area contributed by atoms with Gasteiger partial charge in [-0.25, -0.2) is 4.79 Å². The summed E-state index contributed by atoms with van der Waals surface area (Å²) in [6.45, 7) is 0.960. The van der Waals surface area contributed by atoms with E-state index in [0.717, 1.165) is 11.5 Å². The van der Waals surface area contributed by atoms with Gasteiger partial charge in [-0.2, -0.15) is 11.8 Å².